The van der Waals surface area contributed by atoms with E-state index in [9.17, 15) is 0 Å². The molecular formula is C11H20ClN3. The Bertz CT molecular complexity index is 331. The summed E-state index contributed by atoms with van der Waals surface area (Å²) in [6.45, 7) is 6.30. The average molecular weight is 230 g/mol. The summed E-state index contributed by atoms with van der Waals surface area (Å²) < 4.78 is 1.85. The summed E-state index contributed by atoms with van der Waals surface area (Å²) in [4.78, 5) is 0. The van der Waals surface area contributed by atoms with Gasteiger partial charge >= 0.3 is 0 Å². The Labute approximate surface area is 96.6 Å². The molecule has 1 heterocycles. The molecule has 86 valence electrons. The smallest absolute Gasteiger partial charge is 0.0850 e. The van der Waals surface area contributed by atoms with Crippen LogP contribution in [0.4, 0.5) is 0 Å². The van der Waals surface area contributed by atoms with Gasteiger partial charge in [0.15, 0.2) is 0 Å². The van der Waals surface area contributed by atoms with E-state index >= 15 is 0 Å². The molecule has 0 bridgehead atoms. The zero-order chi connectivity index (χ0) is 11.6. The van der Waals surface area contributed by atoms with Gasteiger partial charge in [0, 0.05) is 19.5 Å². The molecule has 0 aromatic carbocycles. The van der Waals surface area contributed by atoms with Crippen molar-refractivity contribution in [2.45, 2.75) is 39.7 Å². The number of aryl methyl sites for hydroxylation is 2. The summed E-state index contributed by atoms with van der Waals surface area (Å²) in [7, 11) is 1.92. The molecule has 1 aromatic heterocycles. The van der Waals surface area contributed by atoms with Crippen molar-refractivity contribution < 1.29 is 0 Å². The Morgan fingerprint density at radius 1 is 1.47 bits per heavy atom. The lowest BCUT2D eigenvalue weighted by atomic mass is 10.0. The molecule has 1 unspecified atom stereocenters. The zero-order valence-electron chi connectivity index (χ0n) is 9.92. The highest BCUT2D eigenvalue weighted by atomic mass is 35.5. The average Bonchev–Trinajstić information content (AvgIpc) is 2.44. The molecule has 0 spiro atoms. The summed E-state index contributed by atoms with van der Waals surface area (Å²) in [5.41, 5.74) is 8.05. The second-order valence-corrected chi connectivity index (χ2v) is 4.67. The van der Waals surface area contributed by atoms with Crippen molar-refractivity contribution in [1.82, 2.24) is 9.78 Å². The first-order valence-corrected chi connectivity index (χ1v) is 5.81. The van der Waals surface area contributed by atoms with Crippen LogP contribution in [0.25, 0.3) is 0 Å². The van der Waals surface area contributed by atoms with Gasteiger partial charge in [0.2, 0.25) is 0 Å². The molecule has 15 heavy (non-hydrogen) atoms. The third-order valence-corrected chi connectivity index (χ3v) is 3.22. The zero-order valence-corrected chi connectivity index (χ0v) is 10.7. The molecule has 4 heteroatoms. The fourth-order valence-electron chi connectivity index (χ4n) is 1.50. The van der Waals surface area contributed by atoms with Crippen molar-refractivity contribution in [2.75, 3.05) is 0 Å². The summed E-state index contributed by atoms with van der Waals surface area (Å²) >= 11 is 6.24. The first-order valence-electron chi connectivity index (χ1n) is 5.43. The van der Waals surface area contributed by atoms with Crippen molar-refractivity contribution in [3.8, 4) is 0 Å². The van der Waals surface area contributed by atoms with Crippen LogP contribution in [-0.4, -0.2) is 15.8 Å². The maximum Gasteiger partial charge on any atom is 0.0850 e. The predicted octanol–water partition coefficient (Wildman–Crippen LogP) is 2.16. The van der Waals surface area contributed by atoms with Gasteiger partial charge in [-0.15, -0.1) is 0 Å². The highest BCUT2D eigenvalue weighted by Crippen LogP contribution is 2.22. The first kappa shape index (κ1) is 12.5. The molecule has 2 N–H and O–H groups in total. The van der Waals surface area contributed by atoms with Crippen LogP contribution in [-0.2, 0) is 19.9 Å². The number of aromatic nitrogens is 2. The monoisotopic (exact) mass is 229 g/mol. The first-order chi connectivity index (χ1) is 6.97. The van der Waals surface area contributed by atoms with Crippen LogP contribution in [0.15, 0.2) is 0 Å². The number of nitrogens with zero attached hydrogens (tertiary/aromatic N) is 2. The van der Waals surface area contributed by atoms with E-state index < -0.39 is 0 Å². The van der Waals surface area contributed by atoms with Crippen molar-refractivity contribution in [1.29, 1.82) is 0 Å². The fourth-order valence-corrected chi connectivity index (χ4v) is 1.87. The van der Waals surface area contributed by atoms with Crippen LogP contribution in [0.3, 0.4) is 0 Å². The van der Waals surface area contributed by atoms with Crippen molar-refractivity contribution in [2.24, 2.45) is 18.7 Å². The van der Waals surface area contributed by atoms with E-state index in [2.05, 4.69) is 25.9 Å². The van der Waals surface area contributed by atoms with E-state index in [1.807, 2.05) is 11.7 Å². The summed E-state index contributed by atoms with van der Waals surface area (Å²) in [6, 6.07) is 0.141. The topological polar surface area (TPSA) is 43.8 Å². The molecule has 0 fully saturated rings. The molecule has 0 aliphatic rings. The van der Waals surface area contributed by atoms with E-state index in [0.717, 1.165) is 29.3 Å². The molecule has 3 nitrogen and oxygen atoms in total. The van der Waals surface area contributed by atoms with E-state index in [0.29, 0.717) is 5.92 Å². The molecular weight excluding hydrogens is 210 g/mol. The van der Waals surface area contributed by atoms with E-state index in [1.165, 1.54) is 0 Å². The minimum Gasteiger partial charge on any atom is -0.327 e. The van der Waals surface area contributed by atoms with E-state index in [1.54, 1.807) is 0 Å². The van der Waals surface area contributed by atoms with Crippen molar-refractivity contribution in [3.63, 3.8) is 0 Å². The summed E-state index contributed by atoms with van der Waals surface area (Å²) in [6.07, 6.45) is 1.66. The van der Waals surface area contributed by atoms with Gasteiger partial charge in [-0.25, -0.2) is 0 Å². The highest BCUT2D eigenvalue weighted by molar-refractivity contribution is 6.31. The van der Waals surface area contributed by atoms with Crippen LogP contribution >= 0.6 is 11.6 Å². The molecule has 0 saturated carbocycles. The molecule has 1 atom stereocenters. The standard InChI is InChI=1S/C11H20ClN3/c1-5-9-11(12)10(15(4)14-9)6-8(13)7(2)3/h7-8H,5-6,13H2,1-4H3. The molecule has 0 amide bonds. The van der Waals surface area contributed by atoms with Gasteiger partial charge in [-0.2, -0.15) is 5.10 Å². The number of hydrogen-bond donors (Lipinski definition) is 1. The summed E-state index contributed by atoms with van der Waals surface area (Å²) in [5, 5.41) is 5.16. The van der Waals surface area contributed by atoms with Gasteiger partial charge in [0.05, 0.1) is 16.4 Å². The van der Waals surface area contributed by atoms with Gasteiger partial charge < -0.3 is 5.73 Å². The van der Waals surface area contributed by atoms with Crippen LogP contribution in [0.1, 0.15) is 32.2 Å². The lowest BCUT2D eigenvalue weighted by Gasteiger charge is -2.15. The Morgan fingerprint density at radius 2 is 2.07 bits per heavy atom. The maximum absolute atomic E-state index is 6.24. The lowest BCUT2D eigenvalue weighted by molar-refractivity contribution is 0.477. The quantitative estimate of drug-likeness (QED) is 0.860. The second-order valence-electron chi connectivity index (χ2n) is 4.30. The lowest BCUT2D eigenvalue weighted by Crippen LogP contribution is -2.29. The fraction of sp³-hybridized carbons (Fsp3) is 0.727. The minimum atomic E-state index is 0.141. The van der Waals surface area contributed by atoms with Gasteiger partial charge in [0.25, 0.3) is 0 Å². The number of nitrogens with two attached hydrogens (primary N) is 1. The third-order valence-electron chi connectivity index (χ3n) is 2.79. The normalized spacial score (nSPS) is 13.5. The molecule has 0 saturated heterocycles. The van der Waals surface area contributed by atoms with Crippen molar-refractivity contribution in [3.05, 3.63) is 16.4 Å². The molecule has 0 radical (unpaired) electrons. The Morgan fingerprint density at radius 3 is 2.47 bits per heavy atom. The van der Waals surface area contributed by atoms with Gasteiger partial charge in [-0.3, -0.25) is 4.68 Å². The minimum absolute atomic E-state index is 0.141. The van der Waals surface area contributed by atoms with Crippen LogP contribution < -0.4 is 5.73 Å². The van der Waals surface area contributed by atoms with Gasteiger partial charge in [0.1, 0.15) is 0 Å². The number of rotatable bonds is 4. The second kappa shape index (κ2) is 4.99. The maximum atomic E-state index is 6.24. The van der Waals surface area contributed by atoms with Gasteiger partial charge in [-0.1, -0.05) is 32.4 Å². The molecule has 1 rings (SSSR count). The molecule has 0 aliphatic carbocycles. The predicted molar refractivity (Wildman–Crippen MR) is 64.1 cm³/mol. The van der Waals surface area contributed by atoms with Crippen LogP contribution in [0, 0.1) is 5.92 Å². The van der Waals surface area contributed by atoms with Crippen LogP contribution in [0.5, 0.6) is 0 Å². The van der Waals surface area contributed by atoms with Crippen molar-refractivity contribution >= 4 is 11.6 Å². The number of halogens is 1. The Balaban J connectivity index is 2.89. The number of hydrogen-bond acceptors (Lipinski definition) is 2. The highest BCUT2D eigenvalue weighted by Gasteiger charge is 2.17. The molecule has 1 aromatic rings. The van der Waals surface area contributed by atoms with Crippen LogP contribution in [0.2, 0.25) is 5.02 Å². The molecule has 0 aliphatic heterocycles. The van der Waals surface area contributed by atoms with E-state index in [4.69, 9.17) is 17.3 Å². The SMILES string of the molecule is CCc1nn(C)c(CC(N)C(C)C)c1Cl. The largest absolute Gasteiger partial charge is 0.327 e. The summed E-state index contributed by atoms with van der Waals surface area (Å²) in [5.74, 6) is 0.459. The van der Waals surface area contributed by atoms with Gasteiger partial charge in [-0.05, 0) is 12.3 Å². The third kappa shape index (κ3) is 2.73. The Hall–Kier alpha value is -0.540. The Kier molecular flexibility index (Phi) is 4.17. The van der Waals surface area contributed by atoms with E-state index in [-0.39, 0.29) is 6.04 Å².